The van der Waals surface area contributed by atoms with Crippen LogP contribution in [0.2, 0.25) is 0 Å². The molecule has 1 fully saturated rings. The predicted octanol–water partition coefficient (Wildman–Crippen LogP) is 1.58. The average Bonchev–Trinajstić information content (AvgIpc) is 3.17. The van der Waals surface area contributed by atoms with E-state index in [1.54, 1.807) is 17.0 Å². The van der Waals surface area contributed by atoms with Gasteiger partial charge in [-0.25, -0.2) is 8.42 Å². The molecule has 9 heteroatoms. The van der Waals surface area contributed by atoms with Crippen molar-refractivity contribution in [2.24, 2.45) is 0 Å². The summed E-state index contributed by atoms with van der Waals surface area (Å²) in [5, 5.41) is 16.9. The second kappa shape index (κ2) is 7.07. The van der Waals surface area contributed by atoms with E-state index in [-0.39, 0.29) is 42.5 Å². The average molecular weight is 395 g/mol. The highest BCUT2D eigenvalue weighted by molar-refractivity contribution is 7.89. The van der Waals surface area contributed by atoms with Crippen molar-refractivity contribution >= 4 is 26.8 Å². The molecule has 8 nitrogen and oxygen atoms in total. The first-order chi connectivity index (χ1) is 13.5. The maximum Gasteiger partial charge on any atom is 0.275 e. The summed E-state index contributed by atoms with van der Waals surface area (Å²) in [5.74, 6) is -0.230. The number of carbonyl (C=O) groups excluding carboxylic acids is 1. The summed E-state index contributed by atoms with van der Waals surface area (Å²) in [4.78, 5) is 14.4. The lowest BCUT2D eigenvalue weighted by molar-refractivity contribution is 0.0694. The SMILES string of the molecule is N#Cc1ccccc1S(=O)(=O)N1CCN(C(=O)c2n[nH]c3ccccc23)CC1. The molecule has 1 aliphatic heterocycles. The van der Waals surface area contributed by atoms with Crippen molar-refractivity contribution in [1.82, 2.24) is 19.4 Å². The van der Waals surface area contributed by atoms with Gasteiger partial charge in [0.1, 0.15) is 6.07 Å². The van der Waals surface area contributed by atoms with Crippen LogP contribution in [-0.4, -0.2) is 59.9 Å². The molecule has 1 saturated heterocycles. The minimum atomic E-state index is -3.79. The van der Waals surface area contributed by atoms with Gasteiger partial charge in [0.25, 0.3) is 5.91 Å². The molecule has 1 N–H and O–H groups in total. The monoisotopic (exact) mass is 395 g/mol. The third-order valence-corrected chi connectivity index (χ3v) is 6.78. The van der Waals surface area contributed by atoms with Crippen LogP contribution in [0.25, 0.3) is 10.9 Å². The highest BCUT2D eigenvalue weighted by Crippen LogP contribution is 2.22. The zero-order valence-corrected chi connectivity index (χ0v) is 15.7. The molecule has 0 atom stereocenters. The lowest BCUT2D eigenvalue weighted by Gasteiger charge is -2.33. The zero-order chi connectivity index (χ0) is 19.7. The number of nitriles is 1. The van der Waals surface area contributed by atoms with E-state index >= 15 is 0 Å². The molecule has 2 aromatic carbocycles. The quantitative estimate of drug-likeness (QED) is 0.724. The van der Waals surface area contributed by atoms with Crippen molar-refractivity contribution < 1.29 is 13.2 Å². The van der Waals surface area contributed by atoms with Gasteiger partial charge in [0.15, 0.2) is 5.69 Å². The number of sulfonamides is 1. The fraction of sp³-hybridized carbons (Fsp3) is 0.211. The molecule has 1 aromatic heterocycles. The van der Waals surface area contributed by atoms with Crippen molar-refractivity contribution in [2.75, 3.05) is 26.2 Å². The number of rotatable bonds is 3. The third-order valence-electron chi connectivity index (χ3n) is 4.82. The van der Waals surface area contributed by atoms with Crippen molar-refractivity contribution in [2.45, 2.75) is 4.90 Å². The van der Waals surface area contributed by atoms with Gasteiger partial charge < -0.3 is 4.90 Å². The molecule has 3 aromatic rings. The number of nitrogens with zero attached hydrogens (tertiary/aromatic N) is 4. The highest BCUT2D eigenvalue weighted by Gasteiger charge is 2.32. The summed E-state index contributed by atoms with van der Waals surface area (Å²) >= 11 is 0. The highest BCUT2D eigenvalue weighted by atomic mass is 32.2. The van der Waals surface area contributed by atoms with Gasteiger partial charge in [-0.1, -0.05) is 30.3 Å². The van der Waals surface area contributed by atoms with Gasteiger partial charge in [0.05, 0.1) is 16.0 Å². The Morgan fingerprint density at radius 2 is 1.71 bits per heavy atom. The number of benzene rings is 2. The lowest BCUT2D eigenvalue weighted by atomic mass is 10.2. The molecule has 0 bridgehead atoms. The van der Waals surface area contributed by atoms with Gasteiger partial charge in [-0.2, -0.15) is 14.7 Å². The number of hydrogen-bond acceptors (Lipinski definition) is 5. The van der Waals surface area contributed by atoms with Crippen molar-refractivity contribution in [1.29, 1.82) is 5.26 Å². The Balaban J connectivity index is 1.52. The number of carbonyl (C=O) groups is 1. The van der Waals surface area contributed by atoms with E-state index in [1.807, 2.05) is 30.3 Å². The van der Waals surface area contributed by atoms with Gasteiger partial charge in [0, 0.05) is 31.6 Å². The Hall–Kier alpha value is -3.22. The maximum absolute atomic E-state index is 12.9. The van der Waals surface area contributed by atoms with Crippen LogP contribution in [0.4, 0.5) is 0 Å². The van der Waals surface area contributed by atoms with Crippen molar-refractivity contribution in [3.63, 3.8) is 0 Å². The standard InChI is InChI=1S/C19H17N5O3S/c20-13-14-5-1-4-8-17(14)28(26,27)24-11-9-23(10-12-24)19(25)18-15-6-2-3-7-16(15)21-22-18/h1-8H,9-12H2,(H,21,22). The van der Waals surface area contributed by atoms with E-state index in [0.717, 1.165) is 10.9 Å². The second-order valence-electron chi connectivity index (χ2n) is 6.42. The predicted molar refractivity (Wildman–Crippen MR) is 102 cm³/mol. The number of para-hydroxylation sites is 1. The summed E-state index contributed by atoms with van der Waals surface area (Å²) in [7, 11) is -3.79. The van der Waals surface area contributed by atoms with Crippen LogP contribution < -0.4 is 0 Å². The molecule has 1 aliphatic rings. The number of amides is 1. The summed E-state index contributed by atoms with van der Waals surface area (Å²) in [6, 6.07) is 15.4. The lowest BCUT2D eigenvalue weighted by Crippen LogP contribution is -2.50. The first kappa shape index (κ1) is 18.2. The molecule has 0 saturated carbocycles. The maximum atomic E-state index is 12.9. The van der Waals surface area contributed by atoms with Gasteiger partial charge in [-0.3, -0.25) is 9.89 Å². The molecule has 0 spiro atoms. The molecule has 1 amide bonds. The first-order valence-electron chi connectivity index (χ1n) is 8.74. The smallest absolute Gasteiger partial charge is 0.275 e. The molecular weight excluding hydrogens is 378 g/mol. The first-order valence-corrected chi connectivity index (χ1v) is 10.2. The minimum absolute atomic E-state index is 0.00410. The van der Waals surface area contributed by atoms with Crippen molar-refractivity contribution in [3.8, 4) is 6.07 Å². The van der Waals surface area contributed by atoms with E-state index in [4.69, 9.17) is 0 Å². The zero-order valence-electron chi connectivity index (χ0n) is 14.9. The van der Waals surface area contributed by atoms with E-state index < -0.39 is 10.0 Å². The van der Waals surface area contributed by atoms with E-state index in [1.165, 1.54) is 16.4 Å². The van der Waals surface area contributed by atoms with Gasteiger partial charge in [-0.05, 0) is 18.2 Å². The van der Waals surface area contributed by atoms with Crippen LogP contribution in [0.3, 0.4) is 0 Å². The van der Waals surface area contributed by atoms with Gasteiger partial charge >= 0.3 is 0 Å². The Kier molecular flexibility index (Phi) is 4.58. The minimum Gasteiger partial charge on any atom is -0.335 e. The largest absolute Gasteiger partial charge is 0.335 e. The molecule has 4 rings (SSSR count). The Bertz CT molecular complexity index is 1190. The Labute approximate surface area is 162 Å². The Morgan fingerprint density at radius 1 is 1.04 bits per heavy atom. The number of nitrogens with one attached hydrogen (secondary N) is 1. The van der Waals surface area contributed by atoms with Crippen LogP contribution in [0.5, 0.6) is 0 Å². The third kappa shape index (κ3) is 3.02. The van der Waals surface area contributed by atoms with Crippen molar-refractivity contribution in [3.05, 3.63) is 59.8 Å². The normalized spacial score (nSPS) is 15.5. The molecule has 2 heterocycles. The van der Waals surface area contributed by atoms with Gasteiger partial charge in [0.2, 0.25) is 10.0 Å². The van der Waals surface area contributed by atoms with E-state index in [2.05, 4.69) is 10.2 Å². The Morgan fingerprint density at radius 3 is 2.46 bits per heavy atom. The second-order valence-corrected chi connectivity index (χ2v) is 8.33. The molecule has 0 unspecified atom stereocenters. The van der Waals surface area contributed by atoms with E-state index in [0.29, 0.717) is 5.69 Å². The summed E-state index contributed by atoms with van der Waals surface area (Å²) < 4.78 is 27.1. The van der Waals surface area contributed by atoms with Crippen LogP contribution >= 0.6 is 0 Å². The molecule has 0 aliphatic carbocycles. The molecule has 28 heavy (non-hydrogen) atoms. The number of aromatic nitrogens is 2. The molecular formula is C19H17N5O3S. The van der Waals surface area contributed by atoms with E-state index in [9.17, 15) is 18.5 Å². The van der Waals surface area contributed by atoms with Crippen LogP contribution in [0, 0.1) is 11.3 Å². The summed E-state index contributed by atoms with van der Waals surface area (Å²) in [5.41, 5.74) is 1.23. The number of H-pyrrole nitrogens is 1. The summed E-state index contributed by atoms with van der Waals surface area (Å²) in [6.07, 6.45) is 0. The number of hydrogen-bond donors (Lipinski definition) is 1. The fourth-order valence-corrected chi connectivity index (χ4v) is 4.90. The number of fused-ring (bicyclic) bond motifs is 1. The fourth-order valence-electron chi connectivity index (χ4n) is 3.33. The van der Waals surface area contributed by atoms with Crippen LogP contribution in [-0.2, 0) is 10.0 Å². The van der Waals surface area contributed by atoms with Gasteiger partial charge in [-0.15, -0.1) is 0 Å². The number of aromatic amines is 1. The molecule has 142 valence electrons. The number of piperazine rings is 1. The topological polar surface area (TPSA) is 110 Å². The van der Waals surface area contributed by atoms with Crippen LogP contribution in [0.15, 0.2) is 53.4 Å². The summed E-state index contributed by atoms with van der Waals surface area (Å²) in [6.45, 7) is 0.842. The van der Waals surface area contributed by atoms with Crippen LogP contribution in [0.1, 0.15) is 16.1 Å². The molecule has 0 radical (unpaired) electrons.